The van der Waals surface area contributed by atoms with Crippen LogP contribution in [-0.4, -0.2) is 40.5 Å². The van der Waals surface area contributed by atoms with E-state index in [9.17, 15) is 18.0 Å². The summed E-state index contributed by atoms with van der Waals surface area (Å²) in [6.45, 7) is 2.62. The zero-order valence-corrected chi connectivity index (χ0v) is 18.8. The molecule has 6 nitrogen and oxygen atoms in total. The largest absolute Gasteiger partial charge is 0.331 e. The molecule has 0 saturated heterocycles. The van der Waals surface area contributed by atoms with Gasteiger partial charge in [0.2, 0.25) is 5.91 Å². The van der Waals surface area contributed by atoms with Gasteiger partial charge in [-0.05, 0) is 17.7 Å². The molecule has 170 valence electrons. The molecule has 0 bridgehead atoms. The van der Waals surface area contributed by atoms with Crippen LogP contribution in [0.4, 0.5) is 18.9 Å². The van der Waals surface area contributed by atoms with Gasteiger partial charge in [-0.2, -0.15) is 0 Å². The molecule has 1 amide bonds. The quantitative estimate of drug-likeness (QED) is 0.377. The van der Waals surface area contributed by atoms with Crippen molar-refractivity contribution in [3.05, 3.63) is 71.3 Å². The predicted octanol–water partition coefficient (Wildman–Crippen LogP) is 3.07. The molecule has 0 spiro atoms. The summed E-state index contributed by atoms with van der Waals surface area (Å²) in [5, 5.41) is 11.5. The highest BCUT2D eigenvalue weighted by atomic mass is 32.2. The summed E-state index contributed by atoms with van der Waals surface area (Å²) in [7, 11) is 4.10. The Morgan fingerprint density at radius 1 is 1.09 bits per heavy atom. The predicted molar refractivity (Wildman–Crippen MR) is 117 cm³/mol. The zero-order chi connectivity index (χ0) is 23.3. The van der Waals surface area contributed by atoms with Crippen LogP contribution in [0.25, 0.3) is 0 Å². The standard InChI is InChI=1S/C22H24F3N5OS/c1-4-17(29(2)3)21-27-28-22(30(21)12-14-8-6-5-7-9-14)32-13-18(31)26-16-11-10-15(23)19(24)20(16)25/h5-11,17H,4,12-13H2,1-3H3,(H,26,31)/p+1/t17-/m1/s1. The van der Waals surface area contributed by atoms with Crippen LogP contribution in [0.15, 0.2) is 47.6 Å². The van der Waals surface area contributed by atoms with Crippen molar-refractivity contribution >= 4 is 23.4 Å². The van der Waals surface area contributed by atoms with Crippen LogP contribution in [0, 0.1) is 17.5 Å². The number of nitrogens with one attached hydrogen (secondary N) is 2. The molecule has 3 aromatic rings. The Labute approximate surface area is 188 Å². The minimum atomic E-state index is -1.63. The van der Waals surface area contributed by atoms with Crippen molar-refractivity contribution in [2.45, 2.75) is 31.1 Å². The fraction of sp³-hybridized carbons (Fsp3) is 0.318. The van der Waals surface area contributed by atoms with E-state index in [4.69, 9.17) is 0 Å². The molecule has 2 N–H and O–H groups in total. The lowest BCUT2D eigenvalue weighted by Gasteiger charge is -2.20. The smallest absolute Gasteiger partial charge is 0.234 e. The molecule has 2 aromatic carbocycles. The monoisotopic (exact) mass is 464 g/mol. The Morgan fingerprint density at radius 2 is 1.81 bits per heavy atom. The van der Waals surface area contributed by atoms with Gasteiger partial charge in [-0.1, -0.05) is 49.0 Å². The van der Waals surface area contributed by atoms with Gasteiger partial charge in [0.15, 0.2) is 28.4 Å². The number of anilines is 1. The Bertz CT molecular complexity index is 1070. The SMILES string of the molecule is CC[C@H](c1nnc(SCC(=O)Nc2ccc(F)c(F)c2F)n1Cc1ccccc1)[NH+](C)C. The number of benzene rings is 2. The third-order valence-electron chi connectivity index (χ3n) is 4.99. The number of aromatic nitrogens is 3. The number of quaternary nitrogens is 1. The number of rotatable bonds is 9. The molecule has 0 unspecified atom stereocenters. The lowest BCUT2D eigenvalue weighted by atomic mass is 10.2. The second-order valence-corrected chi connectivity index (χ2v) is 8.45. The summed E-state index contributed by atoms with van der Waals surface area (Å²) in [5.41, 5.74) is 0.649. The minimum absolute atomic E-state index is 0.100. The molecular formula is C22H25F3N5OS+. The van der Waals surface area contributed by atoms with Gasteiger partial charge in [0.05, 0.1) is 32.1 Å². The van der Waals surface area contributed by atoms with Gasteiger partial charge in [-0.15, -0.1) is 10.2 Å². The van der Waals surface area contributed by atoms with E-state index in [2.05, 4.69) is 22.4 Å². The number of carbonyl (C=O) groups is 1. The summed E-state index contributed by atoms with van der Waals surface area (Å²) in [6.07, 6.45) is 0.857. The van der Waals surface area contributed by atoms with Crippen LogP contribution < -0.4 is 10.2 Å². The number of thioether (sulfide) groups is 1. The van der Waals surface area contributed by atoms with E-state index in [1.54, 1.807) is 0 Å². The first-order valence-electron chi connectivity index (χ1n) is 10.1. The number of nitrogens with zero attached hydrogens (tertiary/aromatic N) is 3. The van der Waals surface area contributed by atoms with Crippen LogP contribution >= 0.6 is 11.8 Å². The van der Waals surface area contributed by atoms with Crippen LogP contribution in [0.2, 0.25) is 0 Å². The van der Waals surface area contributed by atoms with Crippen molar-refractivity contribution in [2.24, 2.45) is 0 Å². The lowest BCUT2D eigenvalue weighted by molar-refractivity contribution is -0.893. The lowest BCUT2D eigenvalue weighted by Crippen LogP contribution is -3.06. The van der Waals surface area contributed by atoms with Crippen LogP contribution in [0.5, 0.6) is 0 Å². The molecule has 0 aliphatic carbocycles. The van der Waals surface area contributed by atoms with Crippen LogP contribution in [0.3, 0.4) is 0 Å². The maximum atomic E-state index is 13.8. The van der Waals surface area contributed by atoms with Crippen molar-refractivity contribution < 1.29 is 22.9 Å². The fourth-order valence-electron chi connectivity index (χ4n) is 3.37. The van der Waals surface area contributed by atoms with E-state index in [1.165, 1.54) is 4.90 Å². The first-order valence-corrected chi connectivity index (χ1v) is 11.1. The Kier molecular flexibility index (Phi) is 7.92. The summed E-state index contributed by atoms with van der Waals surface area (Å²) in [6, 6.07) is 11.7. The van der Waals surface area contributed by atoms with E-state index < -0.39 is 29.0 Å². The molecule has 32 heavy (non-hydrogen) atoms. The van der Waals surface area contributed by atoms with Crippen molar-refractivity contribution in [3.63, 3.8) is 0 Å². The van der Waals surface area contributed by atoms with E-state index in [1.807, 2.05) is 49.0 Å². The molecule has 1 heterocycles. The third kappa shape index (κ3) is 5.49. The molecule has 10 heteroatoms. The highest BCUT2D eigenvalue weighted by Crippen LogP contribution is 2.24. The first kappa shape index (κ1) is 23.8. The Hall–Kier alpha value is -2.85. The van der Waals surface area contributed by atoms with E-state index in [-0.39, 0.29) is 11.8 Å². The summed E-state index contributed by atoms with van der Waals surface area (Å²) >= 11 is 1.15. The van der Waals surface area contributed by atoms with Gasteiger partial charge in [-0.25, -0.2) is 13.2 Å². The maximum absolute atomic E-state index is 13.8. The third-order valence-corrected chi connectivity index (χ3v) is 5.95. The average Bonchev–Trinajstić information content (AvgIpc) is 3.16. The molecular weight excluding hydrogens is 439 g/mol. The topological polar surface area (TPSA) is 64.2 Å². The average molecular weight is 465 g/mol. The number of hydrogen-bond acceptors (Lipinski definition) is 4. The molecule has 3 rings (SSSR count). The van der Waals surface area contributed by atoms with Crippen molar-refractivity contribution in [1.29, 1.82) is 0 Å². The highest BCUT2D eigenvalue weighted by Gasteiger charge is 2.25. The van der Waals surface area contributed by atoms with Crippen LogP contribution in [-0.2, 0) is 11.3 Å². The fourth-order valence-corrected chi connectivity index (χ4v) is 4.11. The Morgan fingerprint density at radius 3 is 2.47 bits per heavy atom. The summed E-state index contributed by atoms with van der Waals surface area (Å²) in [4.78, 5) is 13.5. The van der Waals surface area contributed by atoms with Gasteiger partial charge < -0.3 is 10.2 Å². The van der Waals surface area contributed by atoms with Gasteiger partial charge in [-0.3, -0.25) is 9.36 Å². The molecule has 0 aliphatic rings. The van der Waals surface area contributed by atoms with Crippen molar-refractivity contribution in [1.82, 2.24) is 14.8 Å². The second-order valence-electron chi connectivity index (χ2n) is 7.51. The number of amides is 1. The van der Waals surface area contributed by atoms with Gasteiger partial charge >= 0.3 is 0 Å². The molecule has 1 atom stereocenters. The molecule has 1 aromatic heterocycles. The number of halogens is 3. The molecule has 0 saturated carbocycles. The van der Waals surface area contributed by atoms with Gasteiger partial charge in [0, 0.05) is 6.42 Å². The molecule has 0 aliphatic heterocycles. The minimum Gasteiger partial charge on any atom is -0.331 e. The van der Waals surface area contributed by atoms with E-state index in [0.717, 1.165) is 41.7 Å². The maximum Gasteiger partial charge on any atom is 0.234 e. The summed E-state index contributed by atoms with van der Waals surface area (Å²) < 4.78 is 42.3. The van der Waals surface area contributed by atoms with Gasteiger partial charge in [0.1, 0.15) is 6.04 Å². The zero-order valence-electron chi connectivity index (χ0n) is 18.0. The second kappa shape index (κ2) is 10.6. The van der Waals surface area contributed by atoms with E-state index in [0.29, 0.717) is 11.7 Å². The van der Waals surface area contributed by atoms with Gasteiger partial charge in [0.25, 0.3) is 0 Å². The Balaban J connectivity index is 1.79. The van der Waals surface area contributed by atoms with Crippen LogP contribution in [0.1, 0.15) is 30.8 Å². The molecule has 0 fully saturated rings. The first-order chi connectivity index (χ1) is 15.3. The van der Waals surface area contributed by atoms with E-state index >= 15 is 0 Å². The highest BCUT2D eigenvalue weighted by molar-refractivity contribution is 7.99. The normalized spacial score (nSPS) is 12.2. The summed E-state index contributed by atoms with van der Waals surface area (Å²) in [5.74, 6) is -4.23. The van der Waals surface area contributed by atoms with Crippen molar-refractivity contribution in [2.75, 3.05) is 25.2 Å². The number of hydrogen-bond donors (Lipinski definition) is 2. The van der Waals surface area contributed by atoms with Crippen molar-refractivity contribution in [3.8, 4) is 0 Å². The molecule has 0 radical (unpaired) electrons. The number of carbonyl (C=O) groups excluding carboxylic acids is 1.